The molecule has 12 heteroatoms. The zero-order chi connectivity index (χ0) is 25.9. The third kappa shape index (κ3) is 4.84. The van der Waals surface area contributed by atoms with Gasteiger partial charge in [-0.05, 0) is 48.7 Å². The minimum atomic E-state index is -3.90. The molecule has 11 nitrogen and oxygen atoms in total. The average Bonchev–Trinajstić information content (AvgIpc) is 2.87. The van der Waals surface area contributed by atoms with Gasteiger partial charge in [0, 0.05) is 18.3 Å². The lowest BCUT2D eigenvalue weighted by Gasteiger charge is -2.30. The quantitative estimate of drug-likeness (QED) is 0.287. The molecule has 1 aliphatic rings. The van der Waals surface area contributed by atoms with Gasteiger partial charge in [0.1, 0.15) is 0 Å². The van der Waals surface area contributed by atoms with Gasteiger partial charge >= 0.3 is 12.0 Å². The number of carbonyl (C=O) groups excluding carboxylic acids is 2. The number of nitro groups is 1. The van der Waals surface area contributed by atoms with Crippen molar-refractivity contribution in [2.75, 3.05) is 28.6 Å². The van der Waals surface area contributed by atoms with Crippen LogP contribution in [0.2, 0.25) is 0 Å². The molecule has 186 valence electrons. The van der Waals surface area contributed by atoms with Gasteiger partial charge in [-0.2, -0.15) is 0 Å². The first-order chi connectivity index (χ1) is 17.2. The number of nitrogens with zero attached hydrogens (tertiary/aromatic N) is 2. The maximum atomic E-state index is 13.4. The summed E-state index contributed by atoms with van der Waals surface area (Å²) in [5.74, 6) is -0.993. The van der Waals surface area contributed by atoms with Crippen LogP contribution >= 0.6 is 0 Å². The summed E-state index contributed by atoms with van der Waals surface area (Å²) in [4.78, 5) is 35.3. The number of hydrogen-bond acceptors (Lipinski definition) is 7. The highest BCUT2D eigenvalue weighted by atomic mass is 32.2. The Kier molecular flexibility index (Phi) is 6.88. The fourth-order valence-electron chi connectivity index (χ4n) is 4.01. The Hall–Kier alpha value is -4.45. The highest BCUT2D eigenvalue weighted by Crippen LogP contribution is 2.32. The summed E-state index contributed by atoms with van der Waals surface area (Å²) < 4.78 is 32.8. The van der Waals surface area contributed by atoms with Crippen molar-refractivity contribution in [2.24, 2.45) is 0 Å². The third-order valence-electron chi connectivity index (χ3n) is 5.62. The van der Waals surface area contributed by atoms with Gasteiger partial charge in [0.2, 0.25) is 0 Å². The third-order valence-corrected chi connectivity index (χ3v) is 7.43. The van der Waals surface area contributed by atoms with Gasteiger partial charge in [-0.3, -0.25) is 14.4 Å². The summed E-state index contributed by atoms with van der Waals surface area (Å²) in [7, 11) is -2.84. The maximum absolute atomic E-state index is 13.4. The number of hydrogen-bond donors (Lipinski definition) is 2. The second-order valence-electron chi connectivity index (χ2n) is 7.86. The Morgan fingerprint density at radius 3 is 2.53 bits per heavy atom. The van der Waals surface area contributed by atoms with Gasteiger partial charge in [0.25, 0.3) is 15.7 Å². The average molecular weight is 511 g/mol. The summed E-state index contributed by atoms with van der Waals surface area (Å²) in [5, 5.41) is 16.2. The van der Waals surface area contributed by atoms with E-state index in [0.717, 1.165) is 25.2 Å². The molecule has 0 fully saturated rings. The number of anilines is 3. The zero-order valence-corrected chi connectivity index (χ0v) is 19.9. The minimum Gasteiger partial charge on any atom is -0.465 e. The van der Waals surface area contributed by atoms with Crippen LogP contribution in [0.1, 0.15) is 22.3 Å². The van der Waals surface area contributed by atoms with Gasteiger partial charge in [-0.25, -0.2) is 18.0 Å². The van der Waals surface area contributed by atoms with E-state index < -0.39 is 38.2 Å². The number of nitrogens with one attached hydrogen (secondary N) is 2. The van der Waals surface area contributed by atoms with Gasteiger partial charge in [-0.1, -0.05) is 30.3 Å². The smallest absolute Gasteiger partial charge is 0.347 e. The molecular weight excluding hydrogens is 488 g/mol. The fraction of sp³-hybridized carbons (Fsp3) is 0.167. The number of benzene rings is 3. The van der Waals surface area contributed by atoms with Crippen LogP contribution in [0.5, 0.6) is 0 Å². The van der Waals surface area contributed by atoms with Gasteiger partial charge in [-0.15, -0.1) is 0 Å². The second-order valence-corrected chi connectivity index (χ2v) is 9.73. The molecule has 3 aromatic carbocycles. The maximum Gasteiger partial charge on any atom is 0.347 e. The van der Waals surface area contributed by atoms with Crippen LogP contribution in [-0.2, 0) is 21.2 Å². The van der Waals surface area contributed by atoms with Gasteiger partial charge in [0.05, 0.1) is 28.3 Å². The Labute approximate surface area is 206 Å². The lowest BCUT2D eigenvalue weighted by molar-refractivity contribution is -0.385. The molecule has 0 aliphatic carbocycles. The molecule has 0 spiro atoms. The van der Waals surface area contributed by atoms with Crippen LogP contribution < -0.4 is 14.9 Å². The van der Waals surface area contributed by atoms with Crippen molar-refractivity contribution >= 4 is 44.8 Å². The summed E-state index contributed by atoms with van der Waals surface area (Å²) >= 11 is 0. The Morgan fingerprint density at radius 1 is 1.03 bits per heavy atom. The molecule has 0 atom stereocenters. The summed E-state index contributed by atoms with van der Waals surface area (Å²) in [6.45, 7) is 0.334. The van der Waals surface area contributed by atoms with Crippen LogP contribution in [-0.4, -0.2) is 39.0 Å². The predicted molar refractivity (Wildman–Crippen MR) is 133 cm³/mol. The molecule has 1 aliphatic heterocycles. The summed E-state index contributed by atoms with van der Waals surface area (Å²) in [6, 6.07) is 16.0. The first-order valence-corrected chi connectivity index (χ1v) is 12.3. The van der Waals surface area contributed by atoms with E-state index in [9.17, 15) is 28.1 Å². The molecule has 0 unspecified atom stereocenters. The highest BCUT2D eigenvalue weighted by molar-refractivity contribution is 7.92. The number of nitro benzene ring substituents is 1. The Bertz CT molecular complexity index is 1460. The van der Waals surface area contributed by atoms with Crippen molar-refractivity contribution in [3.63, 3.8) is 0 Å². The van der Waals surface area contributed by atoms with Gasteiger partial charge < -0.3 is 15.4 Å². The van der Waals surface area contributed by atoms with Crippen LogP contribution in [0.3, 0.4) is 0 Å². The molecule has 36 heavy (non-hydrogen) atoms. The fourth-order valence-corrected chi connectivity index (χ4v) is 5.60. The SMILES string of the molecule is COC(=O)c1c(NC(=O)Nc2cccc(S(=O)(=O)N3CCCc4ccccc43)c2)cccc1[N+](=O)[O-]. The van der Waals surface area contributed by atoms with E-state index in [1.165, 1.54) is 40.7 Å². The largest absolute Gasteiger partial charge is 0.465 e. The van der Waals surface area contributed by atoms with E-state index in [1.54, 1.807) is 12.1 Å². The van der Waals surface area contributed by atoms with Crippen LogP contribution in [0.15, 0.2) is 71.6 Å². The number of esters is 1. The standard InChI is InChI=1S/C24H22N4O7S/c1-35-23(29)22-19(11-5-13-21(22)28(31)32)26-24(30)25-17-9-4-10-18(15-17)36(33,34)27-14-6-8-16-7-2-3-12-20(16)27/h2-5,7,9-13,15H,6,8,14H2,1H3,(H2,25,26,30). The lowest BCUT2D eigenvalue weighted by Crippen LogP contribution is -2.35. The van der Waals surface area contributed by atoms with Crippen molar-refractivity contribution in [2.45, 2.75) is 17.7 Å². The normalized spacial score (nSPS) is 12.9. The van der Waals surface area contributed by atoms with Crippen LogP contribution in [0.25, 0.3) is 0 Å². The first kappa shape index (κ1) is 24.7. The monoisotopic (exact) mass is 510 g/mol. The molecule has 0 saturated carbocycles. The summed E-state index contributed by atoms with van der Waals surface area (Å²) in [6.07, 6.45) is 1.47. The molecule has 2 amide bonds. The molecule has 0 radical (unpaired) electrons. The van der Waals surface area contributed by atoms with Crippen LogP contribution in [0.4, 0.5) is 27.5 Å². The number of sulfonamides is 1. The van der Waals surface area contributed by atoms with Gasteiger partial charge in [0.15, 0.2) is 5.56 Å². The first-order valence-electron chi connectivity index (χ1n) is 10.9. The molecule has 0 aromatic heterocycles. The van der Waals surface area contributed by atoms with E-state index in [4.69, 9.17) is 0 Å². The second kappa shape index (κ2) is 10.0. The number of urea groups is 1. The molecule has 0 saturated heterocycles. The van der Waals surface area contributed by atoms with Crippen molar-refractivity contribution in [1.29, 1.82) is 0 Å². The minimum absolute atomic E-state index is 0.0115. The summed E-state index contributed by atoms with van der Waals surface area (Å²) in [5.41, 5.74) is 0.654. The Balaban J connectivity index is 1.58. The number of para-hydroxylation sites is 1. The topological polar surface area (TPSA) is 148 Å². The van der Waals surface area contributed by atoms with E-state index >= 15 is 0 Å². The number of aryl methyl sites for hydroxylation is 1. The molecule has 3 aromatic rings. The number of rotatable bonds is 6. The molecule has 4 rings (SSSR count). The van der Waals surface area contributed by atoms with Crippen molar-refractivity contribution in [3.8, 4) is 0 Å². The number of ether oxygens (including phenoxy) is 1. The highest BCUT2D eigenvalue weighted by Gasteiger charge is 2.29. The predicted octanol–water partition coefficient (Wildman–Crippen LogP) is 4.17. The van der Waals surface area contributed by atoms with E-state index in [-0.39, 0.29) is 16.3 Å². The number of fused-ring (bicyclic) bond motifs is 1. The van der Waals surface area contributed by atoms with E-state index in [2.05, 4.69) is 15.4 Å². The number of amides is 2. The van der Waals surface area contributed by atoms with Crippen LogP contribution in [0, 0.1) is 10.1 Å². The van der Waals surface area contributed by atoms with Crippen molar-refractivity contribution < 1.29 is 27.7 Å². The molecular formula is C24H22N4O7S. The Morgan fingerprint density at radius 2 is 1.78 bits per heavy atom. The zero-order valence-electron chi connectivity index (χ0n) is 19.1. The molecule has 1 heterocycles. The number of carbonyl (C=O) groups is 2. The van der Waals surface area contributed by atoms with E-state index in [0.29, 0.717) is 18.7 Å². The molecule has 2 N–H and O–H groups in total. The van der Waals surface area contributed by atoms with Crippen molar-refractivity contribution in [3.05, 3.63) is 88.0 Å². The van der Waals surface area contributed by atoms with Crippen molar-refractivity contribution in [1.82, 2.24) is 0 Å². The van der Waals surface area contributed by atoms with E-state index in [1.807, 2.05) is 12.1 Å². The number of methoxy groups -OCH3 is 1. The molecule has 0 bridgehead atoms. The lowest BCUT2D eigenvalue weighted by atomic mass is 10.0.